The highest BCUT2D eigenvalue weighted by Crippen LogP contribution is 2.30. The van der Waals surface area contributed by atoms with Gasteiger partial charge in [0.15, 0.2) is 0 Å². The highest BCUT2D eigenvalue weighted by molar-refractivity contribution is 6.33. The lowest BCUT2D eigenvalue weighted by Crippen LogP contribution is -1.84. The van der Waals surface area contributed by atoms with Crippen molar-refractivity contribution in [3.63, 3.8) is 0 Å². The minimum atomic E-state index is 0.377. The predicted molar refractivity (Wildman–Crippen MR) is 79.9 cm³/mol. The lowest BCUT2D eigenvalue weighted by atomic mass is 10.1. The van der Waals surface area contributed by atoms with Gasteiger partial charge in [-0.1, -0.05) is 46.6 Å². The maximum atomic E-state index is 6.20. The SMILES string of the molecule is Cc1ccc(-c2noc(-c3ccccc3Cl)n2)c(Cl)c1. The maximum absolute atomic E-state index is 6.20. The van der Waals surface area contributed by atoms with Crippen molar-refractivity contribution in [2.24, 2.45) is 0 Å². The van der Waals surface area contributed by atoms with E-state index in [0.717, 1.165) is 11.1 Å². The molecule has 0 bridgehead atoms. The Hall–Kier alpha value is -1.84. The van der Waals surface area contributed by atoms with Crippen LogP contribution in [0.25, 0.3) is 22.8 Å². The van der Waals surface area contributed by atoms with Crippen LogP contribution in [0.15, 0.2) is 47.0 Å². The second-order valence-electron chi connectivity index (χ2n) is 4.39. The Morgan fingerprint density at radius 3 is 2.50 bits per heavy atom. The van der Waals surface area contributed by atoms with Crippen molar-refractivity contribution in [3.05, 3.63) is 58.1 Å². The number of hydrogen-bond acceptors (Lipinski definition) is 3. The van der Waals surface area contributed by atoms with Crippen molar-refractivity contribution in [3.8, 4) is 22.8 Å². The van der Waals surface area contributed by atoms with Gasteiger partial charge >= 0.3 is 0 Å². The Bertz CT molecular complexity index is 768. The Morgan fingerprint density at radius 2 is 1.75 bits per heavy atom. The Kier molecular flexibility index (Phi) is 3.47. The third-order valence-electron chi connectivity index (χ3n) is 2.90. The number of halogens is 2. The molecule has 20 heavy (non-hydrogen) atoms. The van der Waals surface area contributed by atoms with Gasteiger partial charge < -0.3 is 4.52 Å². The maximum Gasteiger partial charge on any atom is 0.259 e. The largest absolute Gasteiger partial charge is 0.334 e. The molecule has 0 unspecified atom stereocenters. The molecule has 5 heteroatoms. The van der Waals surface area contributed by atoms with E-state index in [9.17, 15) is 0 Å². The van der Waals surface area contributed by atoms with E-state index in [-0.39, 0.29) is 0 Å². The van der Waals surface area contributed by atoms with Crippen molar-refractivity contribution in [2.45, 2.75) is 6.92 Å². The van der Waals surface area contributed by atoms with Gasteiger partial charge in [-0.3, -0.25) is 0 Å². The summed E-state index contributed by atoms with van der Waals surface area (Å²) in [5.41, 5.74) is 2.52. The first-order valence-corrected chi connectivity index (χ1v) is 6.76. The van der Waals surface area contributed by atoms with Crippen molar-refractivity contribution in [1.29, 1.82) is 0 Å². The van der Waals surface area contributed by atoms with Crippen LogP contribution >= 0.6 is 23.2 Å². The van der Waals surface area contributed by atoms with Gasteiger partial charge in [-0.25, -0.2) is 0 Å². The monoisotopic (exact) mass is 304 g/mol. The van der Waals surface area contributed by atoms with Gasteiger partial charge in [0.05, 0.1) is 15.6 Å². The summed E-state index contributed by atoms with van der Waals surface area (Å²) in [4.78, 5) is 4.36. The molecule has 0 amide bonds. The molecule has 1 heterocycles. The quantitative estimate of drug-likeness (QED) is 0.667. The molecule has 0 aliphatic heterocycles. The van der Waals surface area contributed by atoms with Gasteiger partial charge in [0.1, 0.15) is 0 Å². The van der Waals surface area contributed by atoms with Gasteiger partial charge in [-0.15, -0.1) is 0 Å². The second-order valence-corrected chi connectivity index (χ2v) is 5.20. The highest BCUT2D eigenvalue weighted by Gasteiger charge is 2.14. The van der Waals surface area contributed by atoms with E-state index in [1.165, 1.54) is 0 Å². The number of hydrogen-bond donors (Lipinski definition) is 0. The standard InChI is InChI=1S/C15H10Cl2N2O/c1-9-6-7-10(13(17)8-9)14-18-15(20-19-14)11-4-2-3-5-12(11)16/h2-8H,1H3. The molecule has 0 spiro atoms. The zero-order valence-electron chi connectivity index (χ0n) is 10.6. The molecule has 100 valence electrons. The van der Waals surface area contributed by atoms with Crippen LogP contribution in [0.4, 0.5) is 0 Å². The number of aryl methyl sites for hydroxylation is 1. The number of rotatable bonds is 2. The smallest absolute Gasteiger partial charge is 0.259 e. The van der Waals surface area contributed by atoms with Crippen LogP contribution in [-0.4, -0.2) is 10.1 Å². The topological polar surface area (TPSA) is 38.9 Å². The molecule has 0 N–H and O–H groups in total. The van der Waals surface area contributed by atoms with E-state index < -0.39 is 0 Å². The Labute approximate surface area is 126 Å². The van der Waals surface area contributed by atoms with Gasteiger partial charge in [0.2, 0.25) is 5.82 Å². The molecule has 2 aromatic carbocycles. The summed E-state index contributed by atoms with van der Waals surface area (Å²) < 4.78 is 5.27. The normalized spacial score (nSPS) is 10.8. The molecule has 0 aliphatic carbocycles. The van der Waals surface area contributed by atoms with Gasteiger partial charge in [-0.05, 0) is 36.8 Å². The molecule has 3 rings (SSSR count). The number of aromatic nitrogens is 2. The number of nitrogens with zero attached hydrogens (tertiary/aromatic N) is 2. The fourth-order valence-corrected chi connectivity index (χ4v) is 2.41. The third-order valence-corrected chi connectivity index (χ3v) is 3.54. The summed E-state index contributed by atoms with van der Waals surface area (Å²) in [6.45, 7) is 1.97. The van der Waals surface area contributed by atoms with Crippen LogP contribution in [0.5, 0.6) is 0 Å². The minimum absolute atomic E-state index is 0.377. The summed E-state index contributed by atoms with van der Waals surface area (Å²) in [6.07, 6.45) is 0. The first-order chi connectivity index (χ1) is 9.65. The predicted octanol–water partition coefficient (Wildman–Crippen LogP) is 5.02. The van der Waals surface area contributed by atoms with Gasteiger partial charge in [0.25, 0.3) is 5.89 Å². The average Bonchev–Trinajstić information content (AvgIpc) is 2.88. The van der Waals surface area contributed by atoms with Crippen LogP contribution in [0.3, 0.4) is 0 Å². The van der Waals surface area contributed by atoms with Crippen LogP contribution in [0, 0.1) is 6.92 Å². The van der Waals surface area contributed by atoms with Gasteiger partial charge in [0, 0.05) is 5.56 Å². The van der Waals surface area contributed by atoms with E-state index in [4.69, 9.17) is 27.7 Å². The molecule has 0 atom stereocenters. The second kappa shape index (κ2) is 5.27. The van der Waals surface area contributed by atoms with Crippen molar-refractivity contribution in [1.82, 2.24) is 10.1 Å². The minimum Gasteiger partial charge on any atom is -0.334 e. The molecular formula is C15H10Cl2N2O. The lowest BCUT2D eigenvalue weighted by Gasteiger charge is -1.99. The molecule has 0 saturated heterocycles. The van der Waals surface area contributed by atoms with E-state index >= 15 is 0 Å². The first kappa shape index (κ1) is 13.2. The number of benzene rings is 2. The molecule has 1 aromatic heterocycles. The molecule has 0 fully saturated rings. The summed E-state index contributed by atoms with van der Waals surface area (Å²) in [6, 6.07) is 13.0. The van der Waals surface area contributed by atoms with E-state index in [2.05, 4.69) is 10.1 Å². The zero-order valence-corrected chi connectivity index (χ0v) is 12.1. The zero-order chi connectivity index (χ0) is 14.1. The van der Waals surface area contributed by atoms with Crippen LogP contribution in [0.2, 0.25) is 10.0 Å². The highest BCUT2D eigenvalue weighted by atomic mass is 35.5. The van der Waals surface area contributed by atoms with Crippen molar-refractivity contribution >= 4 is 23.2 Å². The van der Waals surface area contributed by atoms with Crippen molar-refractivity contribution in [2.75, 3.05) is 0 Å². The third kappa shape index (κ3) is 2.42. The Balaban J connectivity index is 2.04. The molecule has 0 radical (unpaired) electrons. The van der Waals surface area contributed by atoms with Crippen molar-refractivity contribution < 1.29 is 4.52 Å². The van der Waals surface area contributed by atoms with Crippen LogP contribution < -0.4 is 0 Å². The van der Waals surface area contributed by atoms with E-state index in [1.54, 1.807) is 6.07 Å². The van der Waals surface area contributed by atoms with E-state index in [0.29, 0.717) is 27.3 Å². The average molecular weight is 305 g/mol. The summed E-state index contributed by atoms with van der Waals surface area (Å²) in [7, 11) is 0. The molecule has 3 nitrogen and oxygen atoms in total. The summed E-state index contributed by atoms with van der Waals surface area (Å²) >= 11 is 12.3. The molecule has 0 saturated carbocycles. The fourth-order valence-electron chi connectivity index (χ4n) is 1.88. The first-order valence-electron chi connectivity index (χ1n) is 6.00. The van der Waals surface area contributed by atoms with Crippen LogP contribution in [-0.2, 0) is 0 Å². The lowest BCUT2D eigenvalue weighted by molar-refractivity contribution is 0.432. The van der Waals surface area contributed by atoms with E-state index in [1.807, 2.05) is 43.3 Å². The summed E-state index contributed by atoms with van der Waals surface area (Å²) in [5, 5.41) is 5.13. The molecular weight excluding hydrogens is 295 g/mol. The molecule has 0 aliphatic rings. The van der Waals surface area contributed by atoms with Gasteiger partial charge in [-0.2, -0.15) is 4.98 Å². The fraction of sp³-hybridized carbons (Fsp3) is 0.0667. The van der Waals surface area contributed by atoms with Crippen LogP contribution in [0.1, 0.15) is 5.56 Å². The molecule has 3 aromatic rings. The summed E-state index contributed by atoms with van der Waals surface area (Å²) in [5.74, 6) is 0.826. The Morgan fingerprint density at radius 1 is 0.950 bits per heavy atom.